The van der Waals surface area contributed by atoms with E-state index in [-0.39, 0.29) is 25.7 Å². The lowest BCUT2D eigenvalue weighted by Crippen LogP contribution is -2.30. The van der Waals surface area contributed by atoms with E-state index < -0.39 is 97.5 Å². The fraction of sp³-hybridized carbons (Fsp3) is 0.947. The van der Waals surface area contributed by atoms with Crippen molar-refractivity contribution in [2.75, 3.05) is 39.6 Å². The first-order valence-electron chi connectivity index (χ1n) is 39.0. The summed E-state index contributed by atoms with van der Waals surface area (Å²) in [6.45, 7) is 9.59. The lowest BCUT2D eigenvalue weighted by Gasteiger charge is -2.21. The summed E-state index contributed by atoms with van der Waals surface area (Å²) in [6, 6.07) is 0. The number of aliphatic hydroxyl groups is 1. The Morgan fingerprint density at radius 1 is 0.287 bits per heavy atom. The average molecular weight is 1380 g/mol. The maximum atomic E-state index is 13.1. The number of hydrogen-bond acceptors (Lipinski definition) is 15. The highest BCUT2D eigenvalue weighted by Gasteiger charge is 2.30. The Hall–Kier alpha value is -1.94. The zero-order chi connectivity index (χ0) is 69.3. The first-order valence-corrected chi connectivity index (χ1v) is 42.0. The molecule has 0 aliphatic heterocycles. The quantitative estimate of drug-likeness (QED) is 0.0222. The largest absolute Gasteiger partial charge is 0.472 e. The third-order valence-corrected chi connectivity index (χ3v) is 19.4. The van der Waals surface area contributed by atoms with Crippen LogP contribution in [-0.2, 0) is 65.4 Å². The topological polar surface area (TPSA) is 237 Å². The van der Waals surface area contributed by atoms with Gasteiger partial charge in [-0.2, -0.15) is 0 Å². The lowest BCUT2D eigenvalue weighted by molar-refractivity contribution is -0.161. The minimum atomic E-state index is -4.96. The van der Waals surface area contributed by atoms with Crippen molar-refractivity contribution in [1.82, 2.24) is 0 Å². The second-order valence-electron chi connectivity index (χ2n) is 28.0. The Balaban J connectivity index is 5.15. The van der Waals surface area contributed by atoms with Crippen LogP contribution in [0.5, 0.6) is 0 Å². The molecule has 0 amide bonds. The molecule has 0 saturated heterocycles. The van der Waals surface area contributed by atoms with Gasteiger partial charge in [0.05, 0.1) is 26.4 Å². The molecule has 0 rings (SSSR count). The third kappa shape index (κ3) is 68.6. The SMILES string of the molecule is CCCCCCCCCCCC(=O)O[C@H](COC(=O)CCCCCCCCC)COP(=O)(O)OC[C@H](O)COP(=O)(O)OC[C@@H](COC(=O)CCCCCCCCCCCCCCCCCCC(C)C)OC(=O)CCCCCCCCCCCCCCCCCCC(C)C. The van der Waals surface area contributed by atoms with Gasteiger partial charge in [-0.3, -0.25) is 37.3 Å². The molecule has 0 spiro atoms. The van der Waals surface area contributed by atoms with Gasteiger partial charge in [0, 0.05) is 25.7 Å². The van der Waals surface area contributed by atoms with Crippen LogP contribution >= 0.6 is 15.6 Å². The highest BCUT2D eigenvalue weighted by Crippen LogP contribution is 2.45. The maximum Gasteiger partial charge on any atom is 0.472 e. The summed E-state index contributed by atoms with van der Waals surface area (Å²) < 4.78 is 68.3. The van der Waals surface area contributed by atoms with Crippen LogP contribution in [-0.4, -0.2) is 96.7 Å². The van der Waals surface area contributed by atoms with Crippen LogP contribution in [0.4, 0.5) is 0 Å². The van der Waals surface area contributed by atoms with E-state index in [4.69, 9.17) is 37.0 Å². The van der Waals surface area contributed by atoms with E-state index in [2.05, 4.69) is 41.5 Å². The van der Waals surface area contributed by atoms with Crippen molar-refractivity contribution in [3.8, 4) is 0 Å². The molecule has 0 aromatic heterocycles. The van der Waals surface area contributed by atoms with E-state index >= 15 is 0 Å². The normalized spacial score (nSPS) is 14.0. The molecule has 5 atom stereocenters. The molecule has 558 valence electrons. The first kappa shape index (κ1) is 92.1. The van der Waals surface area contributed by atoms with E-state index in [1.54, 1.807) is 0 Å². The minimum Gasteiger partial charge on any atom is -0.462 e. The fourth-order valence-electron chi connectivity index (χ4n) is 11.5. The van der Waals surface area contributed by atoms with Gasteiger partial charge in [-0.15, -0.1) is 0 Å². The maximum absolute atomic E-state index is 13.1. The van der Waals surface area contributed by atoms with E-state index in [9.17, 15) is 43.2 Å². The predicted molar refractivity (Wildman–Crippen MR) is 381 cm³/mol. The molecular formula is C75H146O17P2. The van der Waals surface area contributed by atoms with E-state index in [0.717, 1.165) is 115 Å². The molecule has 0 fully saturated rings. The summed E-state index contributed by atoms with van der Waals surface area (Å²) in [5.74, 6) is -0.501. The number of esters is 4. The number of carbonyl (C=O) groups is 4. The fourth-order valence-corrected chi connectivity index (χ4v) is 13.1. The molecule has 0 aromatic carbocycles. The van der Waals surface area contributed by atoms with Gasteiger partial charge in [-0.1, -0.05) is 337 Å². The number of aliphatic hydroxyl groups excluding tert-OH is 1. The first-order chi connectivity index (χ1) is 45.4. The van der Waals surface area contributed by atoms with Crippen LogP contribution in [0, 0.1) is 11.8 Å². The summed E-state index contributed by atoms with van der Waals surface area (Å²) in [6.07, 6.45) is 54.4. The molecule has 0 heterocycles. The number of phosphoric acid groups is 2. The summed E-state index contributed by atoms with van der Waals surface area (Å²) in [4.78, 5) is 72.5. The second-order valence-corrected chi connectivity index (χ2v) is 30.9. The Bertz CT molecular complexity index is 1820. The molecule has 0 aliphatic carbocycles. The van der Waals surface area contributed by atoms with E-state index in [1.807, 2.05) is 0 Å². The number of phosphoric ester groups is 2. The Morgan fingerprint density at radius 2 is 0.489 bits per heavy atom. The predicted octanol–water partition coefficient (Wildman–Crippen LogP) is 21.9. The zero-order valence-corrected chi connectivity index (χ0v) is 63.1. The van der Waals surface area contributed by atoms with Gasteiger partial charge >= 0.3 is 39.5 Å². The second kappa shape index (κ2) is 66.9. The van der Waals surface area contributed by atoms with Crippen LogP contribution in [0.15, 0.2) is 0 Å². The Labute approximate surface area is 575 Å². The molecule has 0 bridgehead atoms. The average Bonchev–Trinajstić information content (AvgIpc) is 1.18. The molecule has 94 heavy (non-hydrogen) atoms. The van der Waals surface area contributed by atoms with Gasteiger partial charge in [0.15, 0.2) is 12.2 Å². The van der Waals surface area contributed by atoms with Crippen molar-refractivity contribution in [1.29, 1.82) is 0 Å². The molecule has 17 nitrogen and oxygen atoms in total. The van der Waals surface area contributed by atoms with Crippen LogP contribution in [0.25, 0.3) is 0 Å². The van der Waals surface area contributed by atoms with Crippen LogP contribution in [0.3, 0.4) is 0 Å². The van der Waals surface area contributed by atoms with Crippen molar-refractivity contribution >= 4 is 39.5 Å². The Kier molecular flexibility index (Phi) is 65.5. The monoisotopic (exact) mass is 1380 g/mol. The van der Waals surface area contributed by atoms with Gasteiger partial charge < -0.3 is 33.8 Å². The molecule has 0 saturated carbocycles. The number of carbonyl (C=O) groups excluding carboxylic acids is 4. The van der Waals surface area contributed by atoms with Gasteiger partial charge in [-0.25, -0.2) is 9.13 Å². The third-order valence-electron chi connectivity index (χ3n) is 17.5. The smallest absolute Gasteiger partial charge is 0.462 e. The Morgan fingerprint density at radius 3 is 0.723 bits per heavy atom. The molecule has 2 unspecified atom stereocenters. The standard InChI is InChI=1S/C75H146O17P2/c1-7-9-11-13-15-32-41-47-53-59-74(79)91-70(63-85-72(77)57-51-45-37-14-12-10-8-2)65-89-93(81,82)87-61-69(76)62-88-94(83,84)90-66-71(92-75(80)60-54-48-42-36-31-27-23-19-17-21-25-29-34-39-44-50-56-68(5)6)64-86-73(78)58-52-46-40-35-30-26-22-18-16-20-24-28-33-38-43-49-55-67(3)4/h67-71,76H,7-66H2,1-6H3,(H,81,82)(H,83,84)/t69-,70+,71+/m0/s1. The van der Waals surface area contributed by atoms with Crippen LogP contribution in [0.1, 0.15) is 388 Å². The lowest BCUT2D eigenvalue weighted by atomic mass is 10.0. The van der Waals surface area contributed by atoms with E-state index in [1.165, 1.54) is 193 Å². The van der Waals surface area contributed by atoms with Gasteiger partial charge in [0.1, 0.15) is 19.3 Å². The van der Waals surface area contributed by atoms with Crippen molar-refractivity contribution in [3.63, 3.8) is 0 Å². The molecule has 3 N–H and O–H groups in total. The van der Waals surface area contributed by atoms with Gasteiger partial charge in [-0.05, 0) is 37.5 Å². The molecule has 0 radical (unpaired) electrons. The zero-order valence-electron chi connectivity index (χ0n) is 61.3. The summed E-state index contributed by atoms with van der Waals surface area (Å²) in [5.41, 5.74) is 0. The summed E-state index contributed by atoms with van der Waals surface area (Å²) in [7, 11) is -9.90. The summed E-state index contributed by atoms with van der Waals surface area (Å²) >= 11 is 0. The number of hydrogen-bond donors (Lipinski definition) is 3. The number of ether oxygens (including phenoxy) is 4. The van der Waals surface area contributed by atoms with E-state index in [0.29, 0.717) is 25.7 Å². The van der Waals surface area contributed by atoms with Crippen molar-refractivity contribution < 1.29 is 80.2 Å². The van der Waals surface area contributed by atoms with Crippen LogP contribution in [0.2, 0.25) is 0 Å². The molecular weight excluding hydrogens is 1230 g/mol. The number of unbranched alkanes of at least 4 members (excludes halogenated alkanes) is 44. The van der Waals surface area contributed by atoms with Gasteiger partial charge in [0.2, 0.25) is 0 Å². The minimum absolute atomic E-state index is 0.106. The molecule has 19 heteroatoms. The van der Waals surface area contributed by atoms with Crippen molar-refractivity contribution in [2.24, 2.45) is 11.8 Å². The van der Waals surface area contributed by atoms with Crippen LogP contribution < -0.4 is 0 Å². The van der Waals surface area contributed by atoms with Crippen molar-refractivity contribution in [3.05, 3.63) is 0 Å². The highest BCUT2D eigenvalue weighted by molar-refractivity contribution is 7.47. The summed E-state index contributed by atoms with van der Waals surface area (Å²) in [5, 5.41) is 10.6. The molecule has 0 aromatic rings. The number of rotatable bonds is 74. The molecule has 0 aliphatic rings. The van der Waals surface area contributed by atoms with Crippen molar-refractivity contribution in [2.45, 2.75) is 407 Å². The van der Waals surface area contributed by atoms with Gasteiger partial charge in [0.25, 0.3) is 0 Å². The highest BCUT2D eigenvalue weighted by atomic mass is 31.2.